The zero-order valence-electron chi connectivity index (χ0n) is 15.9. The number of nitrogens with one attached hydrogen (secondary N) is 1. The second-order valence-electron chi connectivity index (χ2n) is 7.69. The Hall–Kier alpha value is -1.90. The highest BCUT2D eigenvalue weighted by Crippen LogP contribution is 2.52. The lowest BCUT2D eigenvalue weighted by Crippen LogP contribution is -2.50. The van der Waals surface area contributed by atoms with E-state index in [0.29, 0.717) is 44.6 Å². The maximum absolute atomic E-state index is 14.7. The third-order valence-corrected chi connectivity index (χ3v) is 6.53. The number of aliphatic hydroxyl groups is 1. The van der Waals surface area contributed by atoms with E-state index in [4.69, 9.17) is 16.3 Å². The summed E-state index contributed by atoms with van der Waals surface area (Å²) in [4.78, 5) is 14.0. The summed E-state index contributed by atoms with van der Waals surface area (Å²) in [5.41, 5.74) is 0.0488. The molecule has 0 aliphatic carbocycles. The summed E-state index contributed by atoms with van der Waals surface area (Å²) in [6, 6.07) is 1.43. The number of aromatic nitrogens is 2. The molecule has 28 heavy (non-hydrogen) atoms. The first-order valence-corrected chi connectivity index (χ1v) is 9.83. The smallest absolute Gasteiger partial charge is 0.317 e. The van der Waals surface area contributed by atoms with Gasteiger partial charge in [-0.2, -0.15) is 5.10 Å². The predicted molar refractivity (Wildman–Crippen MR) is 103 cm³/mol. The topological polar surface area (TPSA) is 79.6 Å². The van der Waals surface area contributed by atoms with Crippen molar-refractivity contribution in [3.8, 4) is 0 Å². The maximum atomic E-state index is 14.7. The molecule has 0 saturated carbocycles. The van der Waals surface area contributed by atoms with Crippen LogP contribution in [-0.2, 0) is 10.3 Å². The van der Waals surface area contributed by atoms with Crippen LogP contribution in [0, 0.1) is 11.7 Å². The molecule has 1 fully saturated rings. The highest BCUT2D eigenvalue weighted by atomic mass is 35.5. The molecule has 0 spiro atoms. The lowest BCUT2D eigenvalue weighted by atomic mass is 9.75. The number of likely N-dealkylation sites (tertiary alicyclic amines) is 1. The Labute approximate surface area is 167 Å². The van der Waals surface area contributed by atoms with Crippen molar-refractivity contribution in [2.24, 2.45) is 5.92 Å². The first-order valence-electron chi connectivity index (χ1n) is 9.45. The van der Waals surface area contributed by atoms with Crippen LogP contribution in [0.25, 0.3) is 10.9 Å². The van der Waals surface area contributed by atoms with Crippen LogP contribution < -0.4 is 5.32 Å². The van der Waals surface area contributed by atoms with Gasteiger partial charge in [0, 0.05) is 37.7 Å². The van der Waals surface area contributed by atoms with Gasteiger partial charge in [0.05, 0.1) is 28.9 Å². The molecule has 0 bridgehead atoms. The number of nitrogens with zero attached hydrogens (tertiary/aromatic N) is 3. The fourth-order valence-electron chi connectivity index (χ4n) is 4.63. The quantitative estimate of drug-likeness (QED) is 0.759. The number of aliphatic hydroxyl groups excluding tert-OH is 1. The van der Waals surface area contributed by atoms with E-state index in [0.717, 1.165) is 5.39 Å². The van der Waals surface area contributed by atoms with Crippen LogP contribution in [-0.4, -0.2) is 59.2 Å². The molecule has 152 valence electrons. The Morgan fingerprint density at radius 1 is 1.50 bits per heavy atom. The van der Waals surface area contributed by atoms with Crippen LogP contribution >= 0.6 is 11.6 Å². The first-order chi connectivity index (χ1) is 13.4. The van der Waals surface area contributed by atoms with Gasteiger partial charge in [-0.15, -0.1) is 0 Å². The normalized spacial score (nSPS) is 24.9. The van der Waals surface area contributed by atoms with Gasteiger partial charge < -0.3 is 20.1 Å². The van der Waals surface area contributed by atoms with E-state index in [9.17, 15) is 14.3 Å². The molecule has 2 aliphatic rings. The molecule has 7 nitrogen and oxygen atoms in total. The van der Waals surface area contributed by atoms with Crippen molar-refractivity contribution in [1.29, 1.82) is 0 Å². The molecule has 9 heteroatoms. The van der Waals surface area contributed by atoms with E-state index in [1.807, 2.05) is 6.92 Å². The predicted octanol–water partition coefficient (Wildman–Crippen LogP) is 2.66. The van der Waals surface area contributed by atoms with Crippen LogP contribution in [0.1, 0.15) is 31.4 Å². The van der Waals surface area contributed by atoms with Gasteiger partial charge in [-0.1, -0.05) is 11.6 Å². The van der Waals surface area contributed by atoms with Gasteiger partial charge in [0.15, 0.2) is 0 Å². The lowest BCUT2D eigenvalue weighted by Gasteiger charge is -2.42. The number of hydrogen-bond donors (Lipinski definition) is 2. The minimum atomic E-state index is -1.04. The summed E-state index contributed by atoms with van der Waals surface area (Å²) in [5, 5.41) is 19.1. The summed E-state index contributed by atoms with van der Waals surface area (Å²) in [7, 11) is 1.59. The highest BCUT2D eigenvalue weighted by molar-refractivity contribution is 6.31. The molecule has 2 aliphatic heterocycles. The Kier molecular flexibility index (Phi) is 4.97. The molecule has 4 rings (SSSR count). The van der Waals surface area contributed by atoms with Gasteiger partial charge in [0.25, 0.3) is 0 Å². The highest BCUT2D eigenvalue weighted by Gasteiger charge is 2.52. The molecule has 2 N–H and O–H groups in total. The van der Waals surface area contributed by atoms with E-state index in [1.165, 1.54) is 0 Å². The van der Waals surface area contributed by atoms with E-state index >= 15 is 0 Å². The zero-order valence-corrected chi connectivity index (χ0v) is 16.7. The molecule has 1 saturated heterocycles. The summed E-state index contributed by atoms with van der Waals surface area (Å²) < 4.78 is 21.4. The molecule has 1 aromatic heterocycles. The number of rotatable bonds is 4. The van der Waals surface area contributed by atoms with E-state index < -0.39 is 17.5 Å². The molecule has 0 radical (unpaired) electrons. The first kappa shape index (κ1) is 19.4. The third kappa shape index (κ3) is 2.77. The number of halogens is 2. The van der Waals surface area contributed by atoms with Gasteiger partial charge in [-0.05, 0) is 31.7 Å². The van der Waals surface area contributed by atoms with E-state index in [1.54, 1.807) is 29.0 Å². The van der Waals surface area contributed by atoms with Crippen LogP contribution in [0.15, 0.2) is 12.3 Å². The van der Waals surface area contributed by atoms with Gasteiger partial charge in [0.1, 0.15) is 11.9 Å². The molecule has 2 aromatic rings. The Balaban J connectivity index is 1.54. The van der Waals surface area contributed by atoms with Crippen molar-refractivity contribution in [2.75, 3.05) is 33.4 Å². The summed E-state index contributed by atoms with van der Waals surface area (Å²) in [5.74, 6) is -0.540. The number of ether oxygens (including phenoxy) is 1. The number of carbonyl (C=O) groups is 1. The number of carbonyl (C=O) groups excluding carboxylic acids is 1. The standard InChI is InChI=1S/C19H24ClFN4O3/c1-19(12-3-6-24(7-4-12)18(27)22-5-8-28-2)17(26)14-15(21)13(20)9-11-10-23-25(19)16(11)14/h9-10,12,17,26H,3-8H2,1-2H3,(H,22,27)/t17-,19?/m1/s1. The average Bonchev–Trinajstić information content (AvgIpc) is 3.20. The Morgan fingerprint density at radius 2 is 2.21 bits per heavy atom. The van der Waals surface area contributed by atoms with Crippen LogP contribution in [0.2, 0.25) is 5.02 Å². The van der Waals surface area contributed by atoms with Crippen LogP contribution in [0.3, 0.4) is 0 Å². The summed E-state index contributed by atoms with van der Waals surface area (Å²) >= 11 is 6.02. The number of benzene rings is 1. The number of amides is 2. The Bertz CT molecular complexity index is 912. The van der Waals surface area contributed by atoms with Crippen molar-refractivity contribution in [1.82, 2.24) is 20.0 Å². The second-order valence-corrected chi connectivity index (χ2v) is 8.10. The minimum absolute atomic E-state index is 0.00657. The zero-order chi connectivity index (χ0) is 20.1. The van der Waals surface area contributed by atoms with Crippen molar-refractivity contribution in [3.63, 3.8) is 0 Å². The minimum Gasteiger partial charge on any atom is -0.386 e. The van der Waals surface area contributed by atoms with Crippen molar-refractivity contribution in [3.05, 3.63) is 28.7 Å². The van der Waals surface area contributed by atoms with E-state index in [-0.39, 0.29) is 22.5 Å². The number of methoxy groups -OCH3 is 1. The molecule has 1 unspecified atom stereocenters. The van der Waals surface area contributed by atoms with Gasteiger partial charge in [-0.25, -0.2) is 9.18 Å². The maximum Gasteiger partial charge on any atom is 0.317 e. The third-order valence-electron chi connectivity index (χ3n) is 6.26. The summed E-state index contributed by atoms with van der Waals surface area (Å²) in [6.07, 6.45) is 2.00. The molecular formula is C19H24ClFN4O3. The molecule has 3 heterocycles. The number of urea groups is 1. The van der Waals surface area contributed by atoms with Crippen molar-refractivity contribution < 1.29 is 19.0 Å². The molecule has 1 aromatic carbocycles. The van der Waals surface area contributed by atoms with Crippen molar-refractivity contribution in [2.45, 2.75) is 31.4 Å². The largest absolute Gasteiger partial charge is 0.386 e. The molecule has 2 atom stereocenters. The molecule has 2 amide bonds. The van der Waals surface area contributed by atoms with Crippen molar-refractivity contribution >= 4 is 28.5 Å². The van der Waals surface area contributed by atoms with Gasteiger partial charge in [-0.3, -0.25) is 4.68 Å². The fourth-order valence-corrected chi connectivity index (χ4v) is 4.85. The van der Waals surface area contributed by atoms with E-state index in [2.05, 4.69) is 10.4 Å². The summed E-state index contributed by atoms with van der Waals surface area (Å²) in [6.45, 7) is 3.97. The SMILES string of the molecule is COCCNC(=O)N1CCC(C2(C)[C@H](O)c3c(F)c(Cl)cc4cnn2c34)CC1. The van der Waals surface area contributed by atoms with Crippen LogP contribution in [0.4, 0.5) is 9.18 Å². The number of hydrogen-bond acceptors (Lipinski definition) is 4. The Morgan fingerprint density at radius 3 is 2.89 bits per heavy atom. The lowest BCUT2D eigenvalue weighted by molar-refractivity contribution is -0.0130. The molecular weight excluding hydrogens is 387 g/mol. The average molecular weight is 411 g/mol. The number of piperidine rings is 1. The second kappa shape index (κ2) is 7.17. The van der Waals surface area contributed by atoms with Crippen LogP contribution in [0.5, 0.6) is 0 Å². The van der Waals surface area contributed by atoms with Gasteiger partial charge >= 0.3 is 6.03 Å². The monoisotopic (exact) mass is 410 g/mol. The van der Waals surface area contributed by atoms with Gasteiger partial charge in [0.2, 0.25) is 0 Å². The fraction of sp³-hybridized carbons (Fsp3) is 0.579.